The van der Waals surface area contributed by atoms with Crippen molar-refractivity contribution in [3.63, 3.8) is 0 Å². The highest BCUT2D eigenvalue weighted by atomic mass is 79.9. The van der Waals surface area contributed by atoms with Gasteiger partial charge in [-0.1, -0.05) is 30.3 Å². The Morgan fingerprint density at radius 1 is 1.00 bits per heavy atom. The van der Waals surface area contributed by atoms with Crippen LogP contribution < -0.4 is 4.74 Å². The minimum absolute atomic E-state index is 0.599. The van der Waals surface area contributed by atoms with E-state index in [9.17, 15) is 0 Å². The summed E-state index contributed by atoms with van der Waals surface area (Å²) in [6.45, 7) is 4.79. The summed E-state index contributed by atoms with van der Waals surface area (Å²) in [6.07, 6.45) is 0. The van der Waals surface area contributed by atoms with Crippen molar-refractivity contribution in [3.8, 4) is 5.75 Å². The van der Waals surface area contributed by atoms with Crippen LogP contribution in [0, 0.1) is 13.8 Å². The quantitative estimate of drug-likeness (QED) is 0.800. The van der Waals surface area contributed by atoms with E-state index in [4.69, 9.17) is 4.74 Å². The van der Waals surface area contributed by atoms with E-state index in [1.807, 2.05) is 18.2 Å². The van der Waals surface area contributed by atoms with Gasteiger partial charge in [0.2, 0.25) is 0 Å². The van der Waals surface area contributed by atoms with Crippen molar-refractivity contribution >= 4 is 15.9 Å². The van der Waals surface area contributed by atoms with E-state index in [1.165, 1.54) is 16.7 Å². The zero-order chi connectivity index (χ0) is 12.3. The maximum absolute atomic E-state index is 5.81. The van der Waals surface area contributed by atoms with E-state index in [2.05, 4.69) is 54.0 Å². The summed E-state index contributed by atoms with van der Waals surface area (Å²) < 4.78 is 6.82. The first-order valence-corrected chi connectivity index (χ1v) is 6.39. The molecule has 0 aliphatic heterocycles. The largest absolute Gasteiger partial charge is 0.488 e. The molecule has 0 heterocycles. The molecule has 1 nitrogen and oxygen atoms in total. The summed E-state index contributed by atoms with van der Waals surface area (Å²) in [5, 5.41) is 0. The summed E-state index contributed by atoms with van der Waals surface area (Å²) in [7, 11) is 0. The molecule has 0 aliphatic carbocycles. The van der Waals surface area contributed by atoms with E-state index in [0.29, 0.717) is 6.61 Å². The minimum atomic E-state index is 0.599. The van der Waals surface area contributed by atoms with Gasteiger partial charge in [-0.15, -0.1) is 0 Å². The Kier molecular flexibility index (Phi) is 3.85. The molecule has 0 saturated carbocycles. The van der Waals surface area contributed by atoms with Gasteiger partial charge >= 0.3 is 0 Å². The van der Waals surface area contributed by atoms with E-state index < -0.39 is 0 Å². The lowest BCUT2D eigenvalue weighted by Crippen LogP contribution is -1.96. The van der Waals surface area contributed by atoms with E-state index in [1.54, 1.807) is 0 Å². The molecule has 0 spiro atoms. The fourth-order valence-electron chi connectivity index (χ4n) is 1.60. The maximum atomic E-state index is 5.81. The normalized spacial score (nSPS) is 10.3. The summed E-state index contributed by atoms with van der Waals surface area (Å²) in [6, 6.07) is 14.3. The van der Waals surface area contributed by atoms with Crippen molar-refractivity contribution in [1.29, 1.82) is 0 Å². The number of hydrogen-bond acceptors (Lipinski definition) is 1. The van der Waals surface area contributed by atoms with Crippen LogP contribution in [0.15, 0.2) is 46.9 Å². The molecule has 0 atom stereocenters. The van der Waals surface area contributed by atoms with E-state index in [0.717, 1.165) is 10.2 Å². The minimum Gasteiger partial charge on any atom is -0.488 e. The molecule has 0 aromatic heterocycles. The van der Waals surface area contributed by atoms with Gasteiger partial charge < -0.3 is 4.74 Å². The standard InChI is InChI=1S/C15H15BrO/c1-11-8-14(16)15(9-12(11)2)17-10-13-6-4-3-5-7-13/h3-9H,10H2,1-2H3. The van der Waals surface area contributed by atoms with Crippen molar-refractivity contribution in [2.24, 2.45) is 0 Å². The molecule has 2 rings (SSSR count). The van der Waals surface area contributed by atoms with Crippen molar-refractivity contribution in [2.75, 3.05) is 0 Å². The van der Waals surface area contributed by atoms with Crippen LogP contribution in [0.25, 0.3) is 0 Å². The van der Waals surface area contributed by atoms with Gasteiger partial charge in [0.25, 0.3) is 0 Å². The Morgan fingerprint density at radius 3 is 2.35 bits per heavy atom. The van der Waals surface area contributed by atoms with E-state index >= 15 is 0 Å². The molecular weight excluding hydrogens is 276 g/mol. The first-order chi connectivity index (χ1) is 8.16. The van der Waals surface area contributed by atoms with Crippen LogP contribution in [0.2, 0.25) is 0 Å². The van der Waals surface area contributed by atoms with Gasteiger partial charge in [0, 0.05) is 0 Å². The second-order valence-electron chi connectivity index (χ2n) is 4.14. The average molecular weight is 291 g/mol. The van der Waals surface area contributed by atoms with Crippen LogP contribution >= 0.6 is 15.9 Å². The van der Waals surface area contributed by atoms with Gasteiger partial charge in [-0.2, -0.15) is 0 Å². The number of rotatable bonds is 3. The monoisotopic (exact) mass is 290 g/mol. The highest BCUT2D eigenvalue weighted by Gasteiger charge is 2.04. The molecule has 2 heteroatoms. The van der Waals surface area contributed by atoms with Crippen LogP contribution in [0.1, 0.15) is 16.7 Å². The lowest BCUT2D eigenvalue weighted by Gasteiger charge is -2.10. The van der Waals surface area contributed by atoms with Crippen LogP contribution in [0.4, 0.5) is 0 Å². The van der Waals surface area contributed by atoms with Crippen molar-refractivity contribution in [1.82, 2.24) is 0 Å². The molecular formula is C15H15BrO. The molecule has 0 saturated heterocycles. The van der Waals surface area contributed by atoms with E-state index in [-0.39, 0.29) is 0 Å². The second-order valence-corrected chi connectivity index (χ2v) is 5.00. The van der Waals surface area contributed by atoms with Crippen molar-refractivity contribution in [3.05, 3.63) is 63.6 Å². The second kappa shape index (κ2) is 5.37. The predicted molar refractivity (Wildman–Crippen MR) is 74.4 cm³/mol. The Morgan fingerprint density at radius 2 is 1.65 bits per heavy atom. The smallest absolute Gasteiger partial charge is 0.134 e. The van der Waals surface area contributed by atoms with Gasteiger partial charge in [-0.25, -0.2) is 0 Å². The predicted octanol–water partition coefficient (Wildman–Crippen LogP) is 4.64. The molecule has 2 aromatic carbocycles. The molecule has 0 radical (unpaired) electrons. The molecule has 0 unspecified atom stereocenters. The lowest BCUT2D eigenvalue weighted by molar-refractivity contribution is 0.304. The molecule has 0 bridgehead atoms. The van der Waals surface area contributed by atoms with Crippen molar-refractivity contribution < 1.29 is 4.74 Å². The van der Waals surface area contributed by atoms with Gasteiger partial charge in [-0.05, 0) is 58.6 Å². The molecule has 0 N–H and O–H groups in total. The first kappa shape index (κ1) is 12.2. The summed E-state index contributed by atoms with van der Waals surface area (Å²) in [5.74, 6) is 0.900. The zero-order valence-corrected chi connectivity index (χ0v) is 11.6. The molecule has 0 amide bonds. The van der Waals surface area contributed by atoms with Crippen LogP contribution in [-0.4, -0.2) is 0 Å². The van der Waals surface area contributed by atoms with Crippen molar-refractivity contribution in [2.45, 2.75) is 20.5 Å². The average Bonchev–Trinajstić information content (AvgIpc) is 2.33. The van der Waals surface area contributed by atoms with Crippen LogP contribution in [0.3, 0.4) is 0 Å². The number of hydrogen-bond donors (Lipinski definition) is 0. The number of benzene rings is 2. The van der Waals surface area contributed by atoms with Gasteiger partial charge in [-0.3, -0.25) is 0 Å². The summed E-state index contributed by atoms with van der Waals surface area (Å²) in [4.78, 5) is 0. The van der Waals surface area contributed by atoms with Crippen LogP contribution in [0.5, 0.6) is 5.75 Å². The zero-order valence-electron chi connectivity index (χ0n) is 10.0. The lowest BCUT2D eigenvalue weighted by atomic mass is 10.1. The Labute approximate surface area is 111 Å². The Bertz CT molecular complexity index is 506. The fourth-order valence-corrected chi connectivity index (χ4v) is 2.17. The third-order valence-corrected chi connectivity index (χ3v) is 3.41. The molecule has 88 valence electrons. The molecule has 17 heavy (non-hydrogen) atoms. The highest BCUT2D eigenvalue weighted by molar-refractivity contribution is 9.10. The van der Waals surface area contributed by atoms with Crippen LogP contribution in [-0.2, 0) is 6.61 Å². The maximum Gasteiger partial charge on any atom is 0.134 e. The summed E-state index contributed by atoms with van der Waals surface area (Å²) in [5.41, 5.74) is 3.69. The number of aryl methyl sites for hydroxylation is 2. The van der Waals surface area contributed by atoms with Gasteiger partial charge in [0.05, 0.1) is 4.47 Å². The fraction of sp³-hybridized carbons (Fsp3) is 0.200. The highest BCUT2D eigenvalue weighted by Crippen LogP contribution is 2.28. The SMILES string of the molecule is Cc1cc(Br)c(OCc2ccccc2)cc1C. The summed E-state index contributed by atoms with van der Waals surface area (Å²) >= 11 is 3.53. The van der Waals surface area contributed by atoms with Gasteiger partial charge in [0.15, 0.2) is 0 Å². The molecule has 2 aromatic rings. The number of halogens is 1. The topological polar surface area (TPSA) is 9.23 Å². The van der Waals surface area contributed by atoms with Gasteiger partial charge in [0.1, 0.15) is 12.4 Å². The first-order valence-electron chi connectivity index (χ1n) is 5.60. The number of ether oxygens (including phenoxy) is 1. The molecule has 0 aliphatic rings. The third-order valence-electron chi connectivity index (χ3n) is 2.79. The molecule has 0 fully saturated rings. The third kappa shape index (κ3) is 3.10. The Hall–Kier alpha value is -1.28. The Balaban J connectivity index is 2.12.